The van der Waals surface area contributed by atoms with Crippen molar-refractivity contribution in [1.82, 2.24) is 0 Å². The monoisotopic (exact) mass is 254 g/mol. The van der Waals surface area contributed by atoms with E-state index in [2.05, 4.69) is 4.74 Å². The van der Waals surface area contributed by atoms with E-state index in [9.17, 15) is 26.7 Å². The van der Waals surface area contributed by atoms with Crippen molar-refractivity contribution in [3.63, 3.8) is 0 Å². The number of benzene rings is 1. The van der Waals surface area contributed by atoms with E-state index in [1.807, 2.05) is 0 Å². The van der Waals surface area contributed by atoms with Crippen molar-refractivity contribution in [3.05, 3.63) is 35.9 Å². The summed E-state index contributed by atoms with van der Waals surface area (Å²) in [5.74, 6) is -8.09. The molecule has 0 unspecified atom stereocenters. The Morgan fingerprint density at radius 3 is 2.06 bits per heavy atom. The predicted molar refractivity (Wildman–Crippen MR) is 47.2 cm³/mol. The van der Waals surface area contributed by atoms with E-state index in [4.69, 9.17) is 0 Å². The van der Waals surface area contributed by atoms with Gasteiger partial charge in [-0.3, -0.25) is 0 Å². The second-order valence-electron chi connectivity index (χ2n) is 3.13. The molecule has 0 spiro atoms. The molecule has 0 amide bonds. The number of halogens is 5. The molecule has 0 atom stereocenters. The van der Waals surface area contributed by atoms with Gasteiger partial charge in [-0.05, 0) is 5.56 Å². The average Bonchev–Trinajstić information content (AvgIpc) is 2.25. The molecule has 17 heavy (non-hydrogen) atoms. The highest BCUT2D eigenvalue weighted by molar-refractivity contribution is 5.78. The van der Waals surface area contributed by atoms with E-state index in [-0.39, 0.29) is 0 Å². The zero-order valence-corrected chi connectivity index (χ0v) is 8.30. The summed E-state index contributed by atoms with van der Waals surface area (Å²) in [6.07, 6.45) is -5.94. The largest absolute Gasteiger partial charge is 0.465 e. The Labute approximate surface area is 93.0 Å². The van der Waals surface area contributed by atoms with Crippen LogP contribution in [-0.2, 0) is 16.1 Å². The van der Waals surface area contributed by atoms with E-state index in [0.29, 0.717) is 5.56 Å². The van der Waals surface area contributed by atoms with E-state index >= 15 is 0 Å². The van der Waals surface area contributed by atoms with Gasteiger partial charge in [0.2, 0.25) is 0 Å². The van der Waals surface area contributed by atoms with E-state index in [1.54, 1.807) is 6.07 Å². The predicted octanol–water partition coefficient (Wildman–Crippen LogP) is 2.93. The van der Waals surface area contributed by atoms with Crippen LogP contribution in [0.25, 0.3) is 0 Å². The number of esters is 1. The lowest BCUT2D eigenvalue weighted by molar-refractivity contribution is -0.281. The standard InChI is InChI=1S/C10H7F5O2/c11-9(12,10(13,14)15)8(16)17-6-7-4-2-1-3-5-7/h1-5H,6H2. The SMILES string of the molecule is O=C(OCc1ccccc1)C(F)(F)C(F)(F)F. The van der Waals surface area contributed by atoms with Crippen molar-refractivity contribution < 1.29 is 31.5 Å². The lowest BCUT2D eigenvalue weighted by atomic mass is 10.2. The normalized spacial score (nSPS) is 12.3. The summed E-state index contributed by atoms with van der Waals surface area (Å²) in [6.45, 7) is -0.634. The molecule has 0 aliphatic rings. The van der Waals surface area contributed by atoms with Gasteiger partial charge < -0.3 is 4.74 Å². The second-order valence-corrected chi connectivity index (χ2v) is 3.13. The maximum Gasteiger partial charge on any atom is 0.465 e. The zero-order chi connectivity index (χ0) is 13.1. The minimum absolute atomic E-state index is 0.318. The van der Waals surface area contributed by atoms with Gasteiger partial charge in [-0.1, -0.05) is 30.3 Å². The van der Waals surface area contributed by atoms with Crippen LogP contribution in [0.1, 0.15) is 5.56 Å². The van der Waals surface area contributed by atoms with Gasteiger partial charge in [0.25, 0.3) is 0 Å². The molecule has 0 aromatic heterocycles. The van der Waals surface area contributed by atoms with Gasteiger partial charge in [-0.15, -0.1) is 0 Å². The van der Waals surface area contributed by atoms with Crippen LogP contribution in [0.15, 0.2) is 30.3 Å². The van der Waals surface area contributed by atoms with Crippen molar-refractivity contribution in [2.24, 2.45) is 0 Å². The van der Waals surface area contributed by atoms with Crippen LogP contribution < -0.4 is 0 Å². The minimum Gasteiger partial charge on any atom is -0.456 e. The fourth-order valence-corrected chi connectivity index (χ4v) is 0.929. The third kappa shape index (κ3) is 3.15. The van der Waals surface area contributed by atoms with Crippen molar-refractivity contribution in [3.8, 4) is 0 Å². The Morgan fingerprint density at radius 1 is 1.06 bits per heavy atom. The quantitative estimate of drug-likeness (QED) is 0.612. The van der Waals surface area contributed by atoms with Gasteiger partial charge in [0, 0.05) is 0 Å². The number of carbonyl (C=O) groups excluding carboxylic acids is 1. The number of hydrogen-bond acceptors (Lipinski definition) is 2. The summed E-state index contributed by atoms with van der Waals surface area (Å²) in [5, 5.41) is 0. The summed E-state index contributed by atoms with van der Waals surface area (Å²) < 4.78 is 64.0. The molecule has 0 aliphatic carbocycles. The first-order valence-corrected chi connectivity index (χ1v) is 4.41. The Kier molecular flexibility index (Phi) is 3.69. The van der Waals surface area contributed by atoms with Gasteiger partial charge in [0.05, 0.1) is 0 Å². The Hall–Kier alpha value is -1.66. The lowest BCUT2D eigenvalue weighted by Crippen LogP contribution is -2.45. The fourth-order valence-electron chi connectivity index (χ4n) is 0.929. The lowest BCUT2D eigenvalue weighted by Gasteiger charge is -2.17. The first kappa shape index (κ1) is 13.4. The molecule has 0 N–H and O–H groups in total. The summed E-state index contributed by atoms with van der Waals surface area (Å²) >= 11 is 0. The molecule has 0 saturated carbocycles. The molecule has 1 aromatic rings. The van der Waals surface area contributed by atoms with E-state index in [1.165, 1.54) is 24.3 Å². The Balaban J connectivity index is 2.62. The molecule has 2 nitrogen and oxygen atoms in total. The maximum absolute atomic E-state index is 12.4. The third-order valence-electron chi connectivity index (χ3n) is 1.83. The molecule has 0 aliphatic heterocycles. The molecule has 0 radical (unpaired) electrons. The first-order chi connectivity index (χ1) is 7.75. The average molecular weight is 254 g/mol. The van der Waals surface area contributed by atoms with Crippen molar-refractivity contribution >= 4 is 5.97 Å². The molecule has 1 rings (SSSR count). The number of rotatable bonds is 3. The minimum atomic E-state index is -5.94. The molecule has 0 heterocycles. The van der Waals surface area contributed by atoms with Crippen LogP contribution in [-0.4, -0.2) is 18.1 Å². The van der Waals surface area contributed by atoms with Crippen LogP contribution in [0.5, 0.6) is 0 Å². The van der Waals surface area contributed by atoms with Crippen LogP contribution in [0.2, 0.25) is 0 Å². The molecule has 0 saturated heterocycles. The number of ether oxygens (including phenoxy) is 1. The van der Waals surface area contributed by atoms with Gasteiger partial charge in [-0.2, -0.15) is 22.0 Å². The Bertz CT molecular complexity index is 385. The smallest absolute Gasteiger partial charge is 0.456 e. The molecule has 0 bridgehead atoms. The van der Waals surface area contributed by atoms with Gasteiger partial charge >= 0.3 is 18.1 Å². The zero-order valence-electron chi connectivity index (χ0n) is 8.30. The van der Waals surface area contributed by atoms with Gasteiger partial charge in [-0.25, -0.2) is 4.79 Å². The molecule has 0 fully saturated rings. The summed E-state index contributed by atoms with van der Waals surface area (Å²) in [6, 6.07) is 7.55. The second kappa shape index (κ2) is 4.68. The van der Waals surface area contributed by atoms with Crippen LogP contribution in [0, 0.1) is 0 Å². The number of carbonyl (C=O) groups is 1. The molecule has 94 valence electrons. The van der Waals surface area contributed by atoms with Crippen molar-refractivity contribution in [2.45, 2.75) is 18.7 Å². The summed E-state index contributed by atoms with van der Waals surface area (Å²) in [7, 11) is 0. The topological polar surface area (TPSA) is 26.3 Å². The van der Waals surface area contributed by atoms with Crippen LogP contribution >= 0.6 is 0 Å². The van der Waals surface area contributed by atoms with E-state index in [0.717, 1.165) is 0 Å². The summed E-state index contributed by atoms with van der Waals surface area (Å²) in [4.78, 5) is 10.6. The number of alkyl halides is 5. The first-order valence-electron chi connectivity index (χ1n) is 4.41. The molecular formula is C10H7F5O2. The van der Waals surface area contributed by atoms with E-state index < -0.39 is 24.7 Å². The summed E-state index contributed by atoms with van der Waals surface area (Å²) in [5.41, 5.74) is 0.318. The maximum atomic E-state index is 12.4. The molecular weight excluding hydrogens is 247 g/mol. The highest BCUT2D eigenvalue weighted by Gasteiger charge is 2.64. The Morgan fingerprint density at radius 2 is 1.59 bits per heavy atom. The molecule has 1 aromatic carbocycles. The fraction of sp³-hybridized carbons (Fsp3) is 0.300. The highest BCUT2D eigenvalue weighted by atomic mass is 19.4. The third-order valence-corrected chi connectivity index (χ3v) is 1.83. The van der Waals surface area contributed by atoms with Gasteiger partial charge in [0.1, 0.15) is 6.61 Å². The molecule has 7 heteroatoms. The van der Waals surface area contributed by atoms with Gasteiger partial charge in [0.15, 0.2) is 0 Å². The number of hydrogen-bond donors (Lipinski definition) is 0. The highest BCUT2D eigenvalue weighted by Crippen LogP contribution is 2.36. The van der Waals surface area contributed by atoms with Crippen LogP contribution in [0.4, 0.5) is 22.0 Å². The van der Waals surface area contributed by atoms with Crippen molar-refractivity contribution in [1.29, 1.82) is 0 Å². The van der Waals surface area contributed by atoms with Crippen LogP contribution in [0.3, 0.4) is 0 Å². The van der Waals surface area contributed by atoms with Crippen molar-refractivity contribution in [2.75, 3.05) is 0 Å².